The number of nitrogens with zero attached hydrogens (tertiary/aromatic N) is 3. The third-order valence-corrected chi connectivity index (χ3v) is 3.88. The van der Waals surface area contributed by atoms with Crippen LogP contribution in [0.1, 0.15) is 36.8 Å². The van der Waals surface area contributed by atoms with Gasteiger partial charge in [-0.3, -0.25) is 4.79 Å². The molecule has 0 bridgehead atoms. The SMILES string of the molecule is Cc1cccc(-n2nc(-c3cccn3C)cc2C(=O)NC(C)(C)C)c1. The largest absolute Gasteiger partial charge is 0.349 e. The number of benzene rings is 1. The van der Waals surface area contributed by atoms with Crippen molar-refractivity contribution in [2.75, 3.05) is 0 Å². The van der Waals surface area contributed by atoms with E-state index in [4.69, 9.17) is 5.10 Å². The highest BCUT2D eigenvalue weighted by atomic mass is 16.2. The summed E-state index contributed by atoms with van der Waals surface area (Å²) in [6.45, 7) is 7.93. The molecular weight excluding hydrogens is 312 g/mol. The number of amides is 1. The quantitative estimate of drug-likeness (QED) is 0.792. The molecule has 0 aliphatic heterocycles. The molecule has 0 unspecified atom stereocenters. The highest BCUT2D eigenvalue weighted by Crippen LogP contribution is 2.23. The van der Waals surface area contributed by atoms with E-state index in [-0.39, 0.29) is 11.4 Å². The van der Waals surface area contributed by atoms with Crippen molar-refractivity contribution >= 4 is 5.91 Å². The van der Waals surface area contributed by atoms with E-state index < -0.39 is 0 Å². The lowest BCUT2D eigenvalue weighted by Gasteiger charge is -2.20. The summed E-state index contributed by atoms with van der Waals surface area (Å²) in [7, 11) is 1.97. The van der Waals surface area contributed by atoms with Gasteiger partial charge in [-0.15, -0.1) is 0 Å². The van der Waals surface area contributed by atoms with Gasteiger partial charge in [-0.1, -0.05) is 12.1 Å². The lowest BCUT2D eigenvalue weighted by Crippen LogP contribution is -2.41. The number of hydrogen-bond acceptors (Lipinski definition) is 2. The van der Waals surface area contributed by atoms with Gasteiger partial charge in [0.05, 0.1) is 11.4 Å². The van der Waals surface area contributed by atoms with Crippen LogP contribution in [0, 0.1) is 6.92 Å². The Bertz CT molecular complexity index is 912. The summed E-state index contributed by atoms with van der Waals surface area (Å²) >= 11 is 0. The molecule has 0 radical (unpaired) electrons. The molecule has 0 spiro atoms. The number of nitrogens with one attached hydrogen (secondary N) is 1. The smallest absolute Gasteiger partial charge is 0.270 e. The van der Waals surface area contributed by atoms with Crippen LogP contribution in [0.2, 0.25) is 0 Å². The van der Waals surface area contributed by atoms with Crippen molar-refractivity contribution in [3.05, 3.63) is 59.9 Å². The minimum Gasteiger partial charge on any atom is -0.349 e. The van der Waals surface area contributed by atoms with Crippen LogP contribution in [0.25, 0.3) is 17.1 Å². The molecule has 25 heavy (non-hydrogen) atoms. The summed E-state index contributed by atoms with van der Waals surface area (Å²) < 4.78 is 3.71. The molecular formula is C20H24N4O. The first-order chi connectivity index (χ1) is 11.7. The highest BCUT2D eigenvalue weighted by molar-refractivity contribution is 5.94. The number of hydrogen-bond donors (Lipinski definition) is 1. The Kier molecular flexibility index (Phi) is 4.25. The minimum absolute atomic E-state index is 0.137. The Labute approximate surface area is 148 Å². The first kappa shape index (κ1) is 17.0. The first-order valence-corrected chi connectivity index (χ1v) is 8.36. The molecule has 0 atom stereocenters. The first-order valence-electron chi connectivity index (χ1n) is 8.36. The molecule has 0 aliphatic carbocycles. The summed E-state index contributed by atoms with van der Waals surface area (Å²) in [5, 5.41) is 7.74. The van der Waals surface area contributed by atoms with Crippen molar-refractivity contribution in [2.45, 2.75) is 33.2 Å². The van der Waals surface area contributed by atoms with E-state index in [0.29, 0.717) is 5.69 Å². The Hall–Kier alpha value is -2.82. The molecule has 1 amide bonds. The molecule has 0 saturated carbocycles. The maximum absolute atomic E-state index is 12.8. The number of rotatable bonds is 3. The Morgan fingerprint density at radius 3 is 2.48 bits per heavy atom. The van der Waals surface area contributed by atoms with Crippen molar-refractivity contribution < 1.29 is 4.79 Å². The molecule has 2 heterocycles. The second-order valence-electron chi connectivity index (χ2n) is 7.37. The van der Waals surface area contributed by atoms with E-state index in [1.54, 1.807) is 4.68 Å². The molecule has 2 aromatic heterocycles. The zero-order valence-corrected chi connectivity index (χ0v) is 15.4. The van der Waals surface area contributed by atoms with Gasteiger partial charge in [0.1, 0.15) is 11.4 Å². The van der Waals surface area contributed by atoms with Gasteiger partial charge >= 0.3 is 0 Å². The molecule has 0 saturated heterocycles. The molecule has 1 aromatic carbocycles. The summed E-state index contributed by atoms with van der Waals surface area (Å²) in [5.41, 5.74) is 3.94. The molecule has 5 nitrogen and oxygen atoms in total. The van der Waals surface area contributed by atoms with Crippen LogP contribution in [0.15, 0.2) is 48.7 Å². The maximum atomic E-state index is 12.8. The van der Waals surface area contributed by atoms with Crippen LogP contribution in [0.3, 0.4) is 0 Å². The van der Waals surface area contributed by atoms with Crippen molar-refractivity contribution in [2.24, 2.45) is 7.05 Å². The Morgan fingerprint density at radius 2 is 1.88 bits per heavy atom. The van der Waals surface area contributed by atoms with E-state index in [0.717, 1.165) is 22.6 Å². The summed E-state index contributed by atoms with van der Waals surface area (Å²) in [5.74, 6) is -0.137. The van der Waals surface area contributed by atoms with Crippen LogP contribution in [0.4, 0.5) is 0 Å². The van der Waals surface area contributed by atoms with E-state index in [1.165, 1.54) is 0 Å². The van der Waals surface area contributed by atoms with Gasteiger partial charge in [-0.05, 0) is 63.6 Å². The van der Waals surface area contributed by atoms with Gasteiger partial charge in [0.25, 0.3) is 5.91 Å². The van der Waals surface area contributed by atoms with Crippen LogP contribution < -0.4 is 5.32 Å². The van der Waals surface area contributed by atoms with E-state index in [2.05, 4.69) is 5.32 Å². The fraction of sp³-hybridized carbons (Fsp3) is 0.300. The van der Waals surface area contributed by atoms with Crippen LogP contribution >= 0.6 is 0 Å². The zero-order valence-electron chi connectivity index (χ0n) is 15.4. The van der Waals surface area contributed by atoms with E-state index >= 15 is 0 Å². The maximum Gasteiger partial charge on any atom is 0.270 e. The second-order valence-corrected chi connectivity index (χ2v) is 7.37. The molecule has 5 heteroatoms. The molecule has 3 aromatic rings. The average molecular weight is 336 g/mol. The molecule has 0 aliphatic rings. The zero-order chi connectivity index (χ0) is 18.2. The topological polar surface area (TPSA) is 51.9 Å². The van der Waals surface area contributed by atoms with Gasteiger partial charge in [-0.25, -0.2) is 4.68 Å². The predicted molar refractivity (Wildman–Crippen MR) is 99.9 cm³/mol. The summed E-state index contributed by atoms with van der Waals surface area (Å²) in [6, 6.07) is 13.8. The van der Waals surface area contributed by atoms with E-state index in [1.807, 2.05) is 88.0 Å². The highest BCUT2D eigenvalue weighted by Gasteiger charge is 2.22. The third-order valence-electron chi connectivity index (χ3n) is 3.88. The van der Waals surface area contributed by atoms with Crippen molar-refractivity contribution in [1.82, 2.24) is 19.7 Å². The van der Waals surface area contributed by atoms with Gasteiger partial charge < -0.3 is 9.88 Å². The second kappa shape index (κ2) is 6.24. The van der Waals surface area contributed by atoms with Gasteiger partial charge in [0.15, 0.2) is 0 Å². The van der Waals surface area contributed by atoms with Gasteiger partial charge in [0.2, 0.25) is 0 Å². The molecule has 0 fully saturated rings. The Morgan fingerprint density at radius 1 is 1.12 bits per heavy atom. The lowest BCUT2D eigenvalue weighted by molar-refractivity contribution is 0.0911. The number of carbonyl (C=O) groups excluding carboxylic acids is 1. The number of carbonyl (C=O) groups is 1. The van der Waals surface area contributed by atoms with Crippen molar-refractivity contribution in [1.29, 1.82) is 0 Å². The number of aromatic nitrogens is 3. The van der Waals surface area contributed by atoms with Crippen molar-refractivity contribution in [3.63, 3.8) is 0 Å². The summed E-state index contributed by atoms with van der Waals surface area (Å²) in [6.07, 6.45) is 1.97. The average Bonchev–Trinajstić information content (AvgIpc) is 3.11. The van der Waals surface area contributed by atoms with Crippen LogP contribution in [0.5, 0.6) is 0 Å². The van der Waals surface area contributed by atoms with Gasteiger partial charge in [0, 0.05) is 18.8 Å². The Balaban J connectivity index is 2.13. The fourth-order valence-electron chi connectivity index (χ4n) is 2.76. The standard InChI is InChI=1S/C20H24N4O/c1-14-8-6-9-15(12-14)24-18(19(25)21-20(2,3)4)13-16(22-24)17-10-7-11-23(17)5/h6-13H,1-5H3,(H,21,25). The third kappa shape index (κ3) is 3.65. The molecule has 130 valence electrons. The van der Waals surface area contributed by atoms with Gasteiger partial charge in [-0.2, -0.15) is 5.10 Å². The van der Waals surface area contributed by atoms with Crippen LogP contribution in [-0.2, 0) is 7.05 Å². The number of aryl methyl sites for hydroxylation is 2. The molecule has 1 N–H and O–H groups in total. The molecule has 3 rings (SSSR count). The summed E-state index contributed by atoms with van der Waals surface area (Å²) in [4.78, 5) is 12.8. The fourth-order valence-corrected chi connectivity index (χ4v) is 2.76. The lowest BCUT2D eigenvalue weighted by atomic mass is 10.1. The minimum atomic E-state index is -0.316. The monoisotopic (exact) mass is 336 g/mol. The van der Waals surface area contributed by atoms with Crippen LogP contribution in [-0.4, -0.2) is 25.8 Å². The predicted octanol–water partition coefficient (Wildman–Crippen LogP) is 3.71. The van der Waals surface area contributed by atoms with E-state index in [9.17, 15) is 4.79 Å². The van der Waals surface area contributed by atoms with Crippen molar-refractivity contribution in [3.8, 4) is 17.1 Å². The normalized spacial score (nSPS) is 11.6.